The lowest BCUT2D eigenvalue weighted by molar-refractivity contribution is -0.131. The van der Waals surface area contributed by atoms with Crippen molar-refractivity contribution in [3.05, 3.63) is 58.4 Å². The lowest BCUT2D eigenvalue weighted by Crippen LogP contribution is -2.43. The van der Waals surface area contributed by atoms with Crippen LogP contribution in [0.1, 0.15) is 57.9 Å². The quantitative estimate of drug-likeness (QED) is 0.414. The molecule has 1 atom stereocenters. The number of carbonyl (C=O) groups is 4. The molecular formula is C22H25N3O5. The molecule has 0 bridgehead atoms. The molecule has 1 aromatic carbocycles. The fourth-order valence-electron chi connectivity index (χ4n) is 3.89. The molecule has 2 aromatic rings. The van der Waals surface area contributed by atoms with Crippen molar-refractivity contribution in [3.8, 4) is 0 Å². The van der Waals surface area contributed by atoms with Gasteiger partial charge < -0.3 is 15.0 Å². The van der Waals surface area contributed by atoms with Gasteiger partial charge in [0.2, 0.25) is 0 Å². The maximum absolute atomic E-state index is 13.2. The van der Waals surface area contributed by atoms with Crippen LogP contribution in [0, 0.1) is 13.8 Å². The Morgan fingerprint density at radius 2 is 1.77 bits per heavy atom. The summed E-state index contributed by atoms with van der Waals surface area (Å²) in [6.45, 7) is 6.60. The Hall–Kier alpha value is -3.42. The van der Waals surface area contributed by atoms with Gasteiger partial charge in [0.05, 0.1) is 24.4 Å². The molecule has 30 heavy (non-hydrogen) atoms. The number of ketones is 1. The van der Waals surface area contributed by atoms with Crippen LogP contribution >= 0.6 is 0 Å². The summed E-state index contributed by atoms with van der Waals surface area (Å²) >= 11 is 0. The maximum Gasteiger partial charge on any atom is 0.340 e. The number of urea groups is 1. The number of benzene rings is 1. The number of nitrogens with one attached hydrogen (secondary N) is 2. The molecule has 3 rings (SSSR count). The normalized spacial score (nSPS) is 18.5. The van der Waals surface area contributed by atoms with Crippen LogP contribution in [0.25, 0.3) is 0 Å². The maximum atomic E-state index is 13.2. The summed E-state index contributed by atoms with van der Waals surface area (Å²) in [6, 6.07) is 8.34. The van der Waals surface area contributed by atoms with E-state index in [1.165, 1.54) is 0 Å². The van der Waals surface area contributed by atoms with Crippen molar-refractivity contribution in [1.29, 1.82) is 0 Å². The zero-order valence-corrected chi connectivity index (χ0v) is 17.5. The molecule has 0 saturated carbocycles. The number of Topliss-reactive ketones (excluding diaryl/α,β-unsaturated/α-hetero) is 1. The summed E-state index contributed by atoms with van der Waals surface area (Å²) in [4.78, 5) is 54.7. The van der Waals surface area contributed by atoms with Crippen LogP contribution in [0.2, 0.25) is 0 Å². The number of nitrogens with zero attached hydrogens (tertiary/aromatic N) is 1. The van der Waals surface area contributed by atoms with Gasteiger partial charge in [-0.2, -0.15) is 0 Å². The number of rotatable bonds is 7. The third kappa shape index (κ3) is 3.38. The first-order chi connectivity index (χ1) is 14.3. The second-order valence-corrected chi connectivity index (χ2v) is 7.22. The van der Waals surface area contributed by atoms with Crippen LogP contribution < -0.4 is 5.32 Å². The Bertz CT molecular complexity index is 1010. The van der Waals surface area contributed by atoms with E-state index in [1.807, 2.05) is 6.07 Å². The van der Waals surface area contributed by atoms with Crippen LogP contribution in [0.5, 0.6) is 0 Å². The second kappa shape index (κ2) is 8.14. The molecule has 8 nitrogen and oxygen atoms in total. The van der Waals surface area contributed by atoms with Crippen LogP contribution in [-0.2, 0) is 15.1 Å². The van der Waals surface area contributed by atoms with Gasteiger partial charge in [-0.3, -0.25) is 14.5 Å². The Labute approximate surface area is 174 Å². The minimum Gasteiger partial charge on any atom is -0.462 e. The standard InChI is InChI=1S/C22H25N3O5/c1-5-22(15-10-8-7-9-11-15)20(28)25(21(29)24-22)12-16(26)18-13(3)17(14(4)23-18)19(27)30-6-2/h7-11,23H,5-6,12H2,1-4H3,(H,24,29)/t22-/m1/s1. The molecule has 1 aromatic heterocycles. The molecule has 0 aliphatic carbocycles. The smallest absolute Gasteiger partial charge is 0.340 e. The van der Waals surface area contributed by atoms with Crippen molar-refractivity contribution in [3.63, 3.8) is 0 Å². The highest BCUT2D eigenvalue weighted by Crippen LogP contribution is 2.32. The molecule has 1 aliphatic rings. The van der Waals surface area contributed by atoms with Gasteiger partial charge in [0, 0.05) is 5.69 Å². The van der Waals surface area contributed by atoms with Crippen LogP contribution in [-0.4, -0.2) is 46.7 Å². The number of carbonyl (C=O) groups excluding carboxylic acids is 4. The van der Waals surface area contributed by atoms with Crippen molar-refractivity contribution in [2.45, 2.75) is 39.7 Å². The van der Waals surface area contributed by atoms with Crippen molar-refractivity contribution >= 4 is 23.7 Å². The average molecular weight is 411 g/mol. The number of amides is 3. The predicted molar refractivity (Wildman–Crippen MR) is 109 cm³/mol. The largest absolute Gasteiger partial charge is 0.462 e. The highest BCUT2D eigenvalue weighted by atomic mass is 16.5. The summed E-state index contributed by atoms with van der Waals surface area (Å²) < 4.78 is 5.04. The zero-order chi connectivity index (χ0) is 22.1. The summed E-state index contributed by atoms with van der Waals surface area (Å²) in [7, 11) is 0. The van der Waals surface area contributed by atoms with E-state index in [0.717, 1.165) is 4.90 Å². The van der Waals surface area contributed by atoms with Crippen LogP contribution in [0.4, 0.5) is 4.79 Å². The second-order valence-electron chi connectivity index (χ2n) is 7.22. The van der Waals surface area contributed by atoms with E-state index >= 15 is 0 Å². The predicted octanol–water partition coefficient (Wildman–Crippen LogP) is 2.85. The fraction of sp³-hybridized carbons (Fsp3) is 0.364. The van der Waals surface area contributed by atoms with Gasteiger partial charge in [-0.05, 0) is 38.3 Å². The average Bonchev–Trinajstić information content (AvgIpc) is 3.16. The Balaban J connectivity index is 1.88. The summed E-state index contributed by atoms with van der Waals surface area (Å²) in [6.07, 6.45) is 0.347. The monoisotopic (exact) mass is 411 g/mol. The van der Waals surface area contributed by atoms with Crippen LogP contribution in [0.15, 0.2) is 30.3 Å². The summed E-state index contributed by atoms with van der Waals surface area (Å²) in [5.41, 5.74) is 0.883. The van der Waals surface area contributed by atoms with Gasteiger partial charge in [-0.15, -0.1) is 0 Å². The number of ether oxygens (including phenoxy) is 1. The van der Waals surface area contributed by atoms with Crippen molar-refractivity contribution < 1.29 is 23.9 Å². The summed E-state index contributed by atoms with van der Waals surface area (Å²) in [5, 5.41) is 2.76. The van der Waals surface area contributed by atoms with E-state index in [1.54, 1.807) is 52.0 Å². The molecule has 8 heteroatoms. The van der Waals surface area contributed by atoms with Crippen molar-refractivity contribution in [2.24, 2.45) is 0 Å². The Morgan fingerprint density at radius 1 is 1.10 bits per heavy atom. The number of hydrogen-bond donors (Lipinski definition) is 2. The highest BCUT2D eigenvalue weighted by molar-refractivity contribution is 6.12. The molecule has 0 radical (unpaired) electrons. The van der Waals surface area contributed by atoms with Crippen LogP contribution in [0.3, 0.4) is 0 Å². The van der Waals surface area contributed by atoms with Gasteiger partial charge in [-0.25, -0.2) is 9.59 Å². The number of aromatic nitrogens is 1. The Kier molecular flexibility index (Phi) is 5.78. The summed E-state index contributed by atoms with van der Waals surface area (Å²) in [5.74, 6) is -1.46. The number of aromatic amines is 1. The van der Waals surface area contributed by atoms with Gasteiger partial charge in [0.1, 0.15) is 5.54 Å². The van der Waals surface area contributed by atoms with Gasteiger partial charge in [0.15, 0.2) is 5.78 Å². The zero-order valence-electron chi connectivity index (χ0n) is 17.5. The molecule has 1 saturated heterocycles. The minimum atomic E-state index is -1.20. The number of H-pyrrole nitrogens is 1. The lowest BCUT2D eigenvalue weighted by atomic mass is 9.87. The molecule has 2 N–H and O–H groups in total. The topological polar surface area (TPSA) is 109 Å². The van der Waals surface area contributed by atoms with E-state index in [0.29, 0.717) is 28.8 Å². The molecular weight excluding hydrogens is 386 g/mol. The van der Waals surface area contributed by atoms with E-state index < -0.39 is 35.8 Å². The fourth-order valence-corrected chi connectivity index (χ4v) is 3.89. The van der Waals surface area contributed by atoms with Gasteiger partial charge in [0.25, 0.3) is 5.91 Å². The first-order valence-corrected chi connectivity index (χ1v) is 9.85. The third-order valence-electron chi connectivity index (χ3n) is 5.47. The van der Waals surface area contributed by atoms with Gasteiger partial charge >= 0.3 is 12.0 Å². The van der Waals surface area contributed by atoms with E-state index in [-0.39, 0.29) is 12.3 Å². The van der Waals surface area contributed by atoms with Gasteiger partial charge in [-0.1, -0.05) is 37.3 Å². The number of esters is 1. The van der Waals surface area contributed by atoms with E-state index in [4.69, 9.17) is 4.74 Å². The molecule has 2 heterocycles. The first kappa shape index (κ1) is 21.3. The molecule has 158 valence electrons. The first-order valence-electron chi connectivity index (χ1n) is 9.85. The van der Waals surface area contributed by atoms with E-state index in [2.05, 4.69) is 10.3 Å². The number of aryl methyl sites for hydroxylation is 1. The molecule has 0 spiro atoms. The molecule has 1 aliphatic heterocycles. The number of imide groups is 1. The highest BCUT2D eigenvalue weighted by Gasteiger charge is 2.51. The SMILES string of the molecule is CCOC(=O)c1c(C)[nH]c(C(=O)CN2C(=O)N[C@](CC)(c3ccccc3)C2=O)c1C. The molecule has 0 unspecified atom stereocenters. The van der Waals surface area contributed by atoms with Crippen molar-refractivity contribution in [1.82, 2.24) is 15.2 Å². The molecule has 3 amide bonds. The van der Waals surface area contributed by atoms with E-state index in [9.17, 15) is 19.2 Å². The third-order valence-corrected chi connectivity index (χ3v) is 5.47. The van der Waals surface area contributed by atoms with Crippen molar-refractivity contribution in [2.75, 3.05) is 13.2 Å². The number of hydrogen-bond acceptors (Lipinski definition) is 5. The minimum absolute atomic E-state index is 0.185. The Morgan fingerprint density at radius 3 is 2.37 bits per heavy atom. The molecule has 1 fully saturated rings. The lowest BCUT2D eigenvalue weighted by Gasteiger charge is -2.25.